The molecule has 0 unspecified atom stereocenters. The molecule has 3 heterocycles. The lowest BCUT2D eigenvalue weighted by Gasteiger charge is -2.09. The van der Waals surface area contributed by atoms with Gasteiger partial charge in [-0.1, -0.05) is 36.4 Å². The predicted octanol–water partition coefficient (Wildman–Crippen LogP) is 4.64. The van der Waals surface area contributed by atoms with Gasteiger partial charge in [-0.25, -0.2) is 15.0 Å². The van der Waals surface area contributed by atoms with E-state index in [2.05, 4.69) is 38.1 Å². The van der Waals surface area contributed by atoms with Crippen LogP contribution < -0.4 is 4.74 Å². The third kappa shape index (κ3) is 4.33. The SMILES string of the molecule is N#CCc1nc(OCc2cccc(Cn3ccnc3)c2)ncc1-c1nc2ccccc2s1. The molecule has 0 aliphatic carbocycles. The van der Waals surface area contributed by atoms with E-state index in [9.17, 15) is 5.26 Å². The Hall–Kier alpha value is -4.09. The second-order valence-corrected chi connectivity index (χ2v) is 8.21. The van der Waals surface area contributed by atoms with Gasteiger partial charge in [-0.15, -0.1) is 11.3 Å². The lowest BCUT2D eigenvalue weighted by atomic mass is 10.1. The average Bonchev–Trinajstić information content (AvgIpc) is 3.48. The molecule has 0 saturated heterocycles. The molecule has 0 saturated carbocycles. The fraction of sp³-hybridized carbons (Fsp3) is 0.125. The van der Waals surface area contributed by atoms with Gasteiger partial charge in [0.1, 0.15) is 11.6 Å². The molecule has 156 valence electrons. The maximum atomic E-state index is 9.29. The van der Waals surface area contributed by atoms with Crippen LogP contribution in [0, 0.1) is 11.3 Å². The largest absolute Gasteiger partial charge is 0.459 e. The molecule has 5 aromatic rings. The molecule has 0 N–H and O–H groups in total. The molecule has 7 nitrogen and oxygen atoms in total. The number of nitriles is 1. The molecular weight excluding hydrogens is 420 g/mol. The summed E-state index contributed by atoms with van der Waals surface area (Å²) in [6, 6.07) is 18.5. The number of imidazole rings is 1. The Morgan fingerprint density at radius 1 is 1.06 bits per heavy atom. The van der Waals surface area contributed by atoms with E-state index in [1.54, 1.807) is 30.1 Å². The summed E-state index contributed by atoms with van der Waals surface area (Å²) in [6.45, 7) is 1.08. The molecule has 2 aromatic carbocycles. The van der Waals surface area contributed by atoms with E-state index in [-0.39, 0.29) is 12.4 Å². The summed E-state index contributed by atoms with van der Waals surface area (Å²) in [4.78, 5) is 17.6. The molecule has 3 aromatic heterocycles. The van der Waals surface area contributed by atoms with Crippen LogP contribution in [0.3, 0.4) is 0 Å². The highest BCUT2D eigenvalue weighted by molar-refractivity contribution is 7.21. The minimum absolute atomic E-state index is 0.157. The summed E-state index contributed by atoms with van der Waals surface area (Å²) in [6.07, 6.45) is 7.34. The van der Waals surface area contributed by atoms with Crippen molar-refractivity contribution in [1.82, 2.24) is 24.5 Å². The molecular formula is C24H18N6OS. The number of fused-ring (bicyclic) bond motifs is 1. The lowest BCUT2D eigenvalue weighted by molar-refractivity contribution is 0.280. The standard InChI is InChI=1S/C24H18N6OS/c25-9-8-20-19(23-28-21-6-1-2-7-22(21)32-23)13-27-24(29-20)31-15-18-5-3-4-17(12-18)14-30-11-10-26-16-30/h1-7,10-13,16H,8,14-15H2. The van der Waals surface area contributed by atoms with E-state index in [4.69, 9.17) is 4.74 Å². The Balaban J connectivity index is 1.34. The minimum Gasteiger partial charge on any atom is -0.459 e. The molecule has 0 bridgehead atoms. The quantitative estimate of drug-likeness (QED) is 0.368. The Morgan fingerprint density at radius 2 is 1.97 bits per heavy atom. The summed E-state index contributed by atoms with van der Waals surface area (Å²) < 4.78 is 8.95. The van der Waals surface area contributed by atoms with Crippen molar-refractivity contribution in [3.63, 3.8) is 0 Å². The van der Waals surface area contributed by atoms with E-state index in [1.165, 1.54) is 0 Å². The predicted molar refractivity (Wildman–Crippen MR) is 122 cm³/mol. The van der Waals surface area contributed by atoms with Crippen LogP contribution in [0.25, 0.3) is 20.8 Å². The molecule has 0 aliphatic rings. The number of rotatable bonds is 7. The molecule has 0 aliphatic heterocycles. The fourth-order valence-corrected chi connectivity index (χ4v) is 4.40. The van der Waals surface area contributed by atoms with E-state index < -0.39 is 0 Å². The normalized spacial score (nSPS) is 10.8. The number of thiazole rings is 1. The van der Waals surface area contributed by atoms with Gasteiger partial charge in [0.05, 0.1) is 40.3 Å². The molecule has 0 amide bonds. The van der Waals surface area contributed by atoms with Crippen LogP contribution in [-0.2, 0) is 19.6 Å². The number of hydrogen-bond donors (Lipinski definition) is 0. The van der Waals surface area contributed by atoms with Gasteiger partial charge in [0, 0.05) is 25.1 Å². The molecule has 8 heteroatoms. The number of aromatic nitrogens is 5. The van der Waals surface area contributed by atoms with Crippen molar-refractivity contribution in [2.24, 2.45) is 0 Å². The van der Waals surface area contributed by atoms with Crippen molar-refractivity contribution in [3.8, 4) is 22.7 Å². The summed E-state index contributed by atoms with van der Waals surface area (Å²) >= 11 is 1.56. The van der Waals surface area contributed by atoms with Crippen molar-refractivity contribution in [2.75, 3.05) is 0 Å². The van der Waals surface area contributed by atoms with Gasteiger partial charge in [0.15, 0.2) is 0 Å². The average molecular weight is 439 g/mol. The highest BCUT2D eigenvalue weighted by atomic mass is 32.1. The highest BCUT2D eigenvalue weighted by Gasteiger charge is 2.14. The number of benzene rings is 2. The van der Waals surface area contributed by atoms with E-state index in [0.29, 0.717) is 12.3 Å². The smallest absolute Gasteiger partial charge is 0.316 e. The summed E-state index contributed by atoms with van der Waals surface area (Å²) in [7, 11) is 0. The molecule has 0 spiro atoms. The second kappa shape index (κ2) is 8.96. The van der Waals surface area contributed by atoms with Crippen molar-refractivity contribution in [3.05, 3.63) is 90.3 Å². The lowest BCUT2D eigenvalue weighted by Crippen LogP contribution is -2.04. The maximum absolute atomic E-state index is 9.29. The minimum atomic E-state index is 0.157. The Kier molecular flexibility index (Phi) is 5.56. The van der Waals surface area contributed by atoms with Gasteiger partial charge in [-0.3, -0.25) is 0 Å². The number of para-hydroxylation sites is 1. The zero-order valence-electron chi connectivity index (χ0n) is 17.0. The van der Waals surface area contributed by atoms with Crippen LogP contribution >= 0.6 is 11.3 Å². The number of hydrogen-bond acceptors (Lipinski definition) is 7. The molecule has 5 rings (SSSR count). The number of nitrogens with zero attached hydrogens (tertiary/aromatic N) is 6. The van der Waals surface area contributed by atoms with E-state index in [0.717, 1.165) is 38.5 Å². The summed E-state index contributed by atoms with van der Waals surface area (Å²) in [5.41, 5.74) is 4.48. The van der Waals surface area contributed by atoms with E-state index >= 15 is 0 Å². The topological polar surface area (TPSA) is 89.5 Å². The third-order valence-corrected chi connectivity index (χ3v) is 5.97. The highest BCUT2D eigenvalue weighted by Crippen LogP contribution is 2.32. The van der Waals surface area contributed by atoms with Crippen molar-refractivity contribution >= 4 is 21.6 Å². The van der Waals surface area contributed by atoms with Gasteiger partial charge in [0.2, 0.25) is 0 Å². The Morgan fingerprint density at radius 3 is 2.81 bits per heavy atom. The van der Waals surface area contributed by atoms with Crippen molar-refractivity contribution in [2.45, 2.75) is 19.6 Å². The van der Waals surface area contributed by atoms with Gasteiger partial charge >= 0.3 is 6.01 Å². The summed E-state index contributed by atoms with van der Waals surface area (Å²) in [5.74, 6) is 0. The van der Waals surface area contributed by atoms with Crippen molar-refractivity contribution < 1.29 is 4.74 Å². The second-order valence-electron chi connectivity index (χ2n) is 7.18. The van der Waals surface area contributed by atoms with Crippen LogP contribution in [0.1, 0.15) is 16.8 Å². The van der Waals surface area contributed by atoms with Crippen LogP contribution in [0.2, 0.25) is 0 Å². The Labute approximate surface area is 188 Å². The fourth-order valence-electron chi connectivity index (χ4n) is 3.40. The summed E-state index contributed by atoms with van der Waals surface area (Å²) in [5, 5.41) is 10.1. The first kappa shape index (κ1) is 19.8. The van der Waals surface area contributed by atoms with Gasteiger partial charge < -0.3 is 9.30 Å². The zero-order chi connectivity index (χ0) is 21.8. The van der Waals surface area contributed by atoms with Gasteiger partial charge in [0.25, 0.3) is 0 Å². The third-order valence-electron chi connectivity index (χ3n) is 4.90. The van der Waals surface area contributed by atoms with Crippen LogP contribution in [0.15, 0.2) is 73.4 Å². The Bertz CT molecular complexity index is 1370. The molecule has 0 atom stereocenters. The first-order chi connectivity index (χ1) is 15.8. The van der Waals surface area contributed by atoms with Crippen LogP contribution in [-0.4, -0.2) is 24.5 Å². The van der Waals surface area contributed by atoms with Gasteiger partial charge in [-0.05, 0) is 23.3 Å². The molecule has 32 heavy (non-hydrogen) atoms. The molecule has 0 radical (unpaired) electrons. The van der Waals surface area contributed by atoms with Crippen molar-refractivity contribution in [1.29, 1.82) is 5.26 Å². The first-order valence-corrected chi connectivity index (χ1v) is 10.9. The van der Waals surface area contributed by atoms with Crippen LogP contribution in [0.5, 0.6) is 6.01 Å². The maximum Gasteiger partial charge on any atom is 0.316 e. The van der Waals surface area contributed by atoms with Crippen LogP contribution in [0.4, 0.5) is 0 Å². The number of ether oxygens (including phenoxy) is 1. The molecule has 0 fully saturated rings. The first-order valence-electron chi connectivity index (χ1n) is 10.0. The monoisotopic (exact) mass is 438 g/mol. The van der Waals surface area contributed by atoms with Gasteiger partial charge in [-0.2, -0.15) is 10.2 Å². The van der Waals surface area contributed by atoms with E-state index in [1.807, 2.05) is 47.2 Å². The zero-order valence-corrected chi connectivity index (χ0v) is 17.9.